The van der Waals surface area contributed by atoms with Crippen molar-refractivity contribution in [2.45, 2.75) is 62.7 Å². The minimum absolute atomic E-state index is 0.00410. The van der Waals surface area contributed by atoms with Crippen LogP contribution in [0, 0.1) is 0 Å². The van der Waals surface area contributed by atoms with Gasteiger partial charge in [0.25, 0.3) is 0 Å². The first-order valence-corrected chi connectivity index (χ1v) is 11.6. The van der Waals surface area contributed by atoms with Crippen LogP contribution in [0.4, 0.5) is 16.3 Å². The van der Waals surface area contributed by atoms with Gasteiger partial charge in [0.1, 0.15) is 6.10 Å². The summed E-state index contributed by atoms with van der Waals surface area (Å²) < 4.78 is 29.3. The third-order valence-electron chi connectivity index (χ3n) is 5.23. The van der Waals surface area contributed by atoms with Crippen molar-refractivity contribution in [2.24, 2.45) is 0 Å². The zero-order valence-corrected chi connectivity index (χ0v) is 17.3. The number of ether oxygens (including phenoxy) is 1. The van der Waals surface area contributed by atoms with Crippen molar-refractivity contribution in [1.29, 1.82) is 0 Å². The van der Waals surface area contributed by atoms with E-state index in [2.05, 4.69) is 25.8 Å². The second-order valence-electron chi connectivity index (χ2n) is 7.99. The minimum Gasteiger partial charge on any atom is -0.446 e. The summed E-state index contributed by atoms with van der Waals surface area (Å²) in [6.45, 7) is 3.79. The van der Waals surface area contributed by atoms with Crippen LogP contribution in [0.3, 0.4) is 0 Å². The van der Waals surface area contributed by atoms with Crippen LogP contribution in [-0.4, -0.2) is 41.8 Å². The highest BCUT2D eigenvalue weighted by Crippen LogP contribution is 2.37. The molecule has 29 heavy (non-hydrogen) atoms. The molecule has 0 bridgehead atoms. The summed E-state index contributed by atoms with van der Waals surface area (Å²) >= 11 is 0. The molecule has 3 heterocycles. The van der Waals surface area contributed by atoms with E-state index in [9.17, 15) is 13.2 Å². The van der Waals surface area contributed by atoms with E-state index in [0.717, 1.165) is 25.0 Å². The Morgan fingerprint density at radius 1 is 1.31 bits per heavy atom. The average Bonchev–Trinajstić information content (AvgIpc) is 3.32. The van der Waals surface area contributed by atoms with Gasteiger partial charge in [-0.1, -0.05) is 0 Å². The number of rotatable bonds is 5. The maximum Gasteiger partial charge on any atom is 0.407 e. The van der Waals surface area contributed by atoms with E-state index in [1.54, 1.807) is 12.3 Å². The SMILES string of the molecule is CC(C)NC(=O)O[C@@H]1CC[C@H](c2cc(Nc3ccnc4c3CS(=O)(=O)C4)n[nH]2)C1. The molecule has 1 aliphatic carbocycles. The van der Waals surface area contributed by atoms with Crippen LogP contribution in [0.5, 0.6) is 0 Å². The summed E-state index contributed by atoms with van der Waals surface area (Å²) in [5.74, 6) is 0.839. The Balaban J connectivity index is 1.39. The van der Waals surface area contributed by atoms with E-state index in [1.165, 1.54) is 0 Å². The molecule has 0 spiro atoms. The lowest BCUT2D eigenvalue weighted by Gasteiger charge is -2.14. The lowest BCUT2D eigenvalue weighted by atomic mass is 10.0. The Hall–Kier alpha value is -2.62. The molecule has 0 saturated heterocycles. The fourth-order valence-electron chi connectivity index (χ4n) is 3.92. The van der Waals surface area contributed by atoms with E-state index < -0.39 is 9.84 Å². The second-order valence-corrected chi connectivity index (χ2v) is 10.1. The first kappa shape index (κ1) is 19.7. The number of anilines is 2. The predicted octanol–water partition coefficient (Wildman–Crippen LogP) is 2.75. The number of nitrogens with one attached hydrogen (secondary N) is 3. The molecule has 1 aliphatic heterocycles. The molecular formula is C19H25N5O4S. The highest BCUT2D eigenvalue weighted by atomic mass is 32.2. The third-order valence-corrected chi connectivity index (χ3v) is 6.67. The standard InChI is InChI=1S/C19H25N5O4S/c1-11(2)21-19(25)28-13-4-3-12(7-13)16-8-18(24-23-16)22-15-5-6-20-17-10-29(26,27)9-14(15)17/h5-6,8,11-13H,3-4,7,9-10H2,1-2H3,(H,21,25)(H2,20,22,23,24)/t12-,13+/m0/s1. The van der Waals surface area contributed by atoms with Gasteiger partial charge < -0.3 is 15.4 Å². The first-order valence-electron chi connectivity index (χ1n) is 9.76. The molecule has 3 N–H and O–H groups in total. The Kier molecular flexibility index (Phi) is 5.20. The zero-order valence-electron chi connectivity index (χ0n) is 16.4. The first-order chi connectivity index (χ1) is 13.8. The van der Waals surface area contributed by atoms with Crippen LogP contribution in [0.2, 0.25) is 0 Å². The van der Waals surface area contributed by atoms with E-state index in [4.69, 9.17) is 4.74 Å². The van der Waals surface area contributed by atoms with Crippen LogP contribution in [0.25, 0.3) is 0 Å². The molecular weight excluding hydrogens is 394 g/mol. The van der Waals surface area contributed by atoms with Crippen molar-refractivity contribution < 1.29 is 17.9 Å². The van der Waals surface area contributed by atoms with Gasteiger partial charge in [0.05, 0.1) is 17.2 Å². The van der Waals surface area contributed by atoms with Crippen molar-refractivity contribution in [2.75, 3.05) is 5.32 Å². The summed E-state index contributed by atoms with van der Waals surface area (Å²) in [4.78, 5) is 16.0. The van der Waals surface area contributed by atoms with Gasteiger partial charge in [-0.05, 0) is 39.2 Å². The number of carbonyl (C=O) groups excluding carboxylic acids is 1. The number of aromatic nitrogens is 3. The predicted molar refractivity (Wildman–Crippen MR) is 108 cm³/mol. The summed E-state index contributed by atoms with van der Waals surface area (Å²) in [5, 5.41) is 13.3. The number of pyridine rings is 1. The molecule has 1 saturated carbocycles. The van der Waals surface area contributed by atoms with E-state index in [-0.39, 0.29) is 35.7 Å². The Labute approximate surface area is 169 Å². The molecule has 0 radical (unpaired) electrons. The molecule has 4 rings (SSSR count). The van der Waals surface area contributed by atoms with Crippen LogP contribution in [-0.2, 0) is 26.1 Å². The summed E-state index contributed by atoms with van der Waals surface area (Å²) in [5.41, 5.74) is 3.00. The molecule has 9 nitrogen and oxygen atoms in total. The van der Waals surface area contributed by atoms with Crippen molar-refractivity contribution in [1.82, 2.24) is 20.5 Å². The lowest BCUT2D eigenvalue weighted by Crippen LogP contribution is -2.33. The number of aromatic amines is 1. The number of alkyl carbamates (subject to hydrolysis) is 1. The van der Waals surface area contributed by atoms with Gasteiger partial charge in [0.2, 0.25) is 0 Å². The molecule has 1 fully saturated rings. The van der Waals surface area contributed by atoms with Gasteiger partial charge >= 0.3 is 6.09 Å². The van der Waals surface area contributed by atoms with Crippen molar-refractivity contribution in [3.8, 4) is 0 Å². The molecule has 2 aromatic heterocycles. The second kappa shape index (κ2) is 7.66. The number of fused-ring (bicyclic) bond motifs is 1. The van der Waals surface area contributed by atoms with Crippen molar-refractivity contribution in [3.63, 3.8) is 0 Å². The molecule has 2 atom stereocenters. The third kappa shape index (κ3) is 4.52. The topological polar surface area (TPSA) is 126 Å². The summed E-state index contributed by atoms with van der Waals surface area (Å²) in [7, 11) is -3.13. The fourth-order valence-corrected chi connectivity index (χ4v) is 5.45. The van der Waals surface area contributed by atoms with Gasteiger partial charge in [-0.25, -0.2) is 13.2 Å². The molecule has 1 amide bonds. The molecule has 2 aromatic rings. The van der Waals surface area contributed by atoms with Crippen LogP contribution < -0.4 is 10.6 Å². The molecule has 0 unspecified atom stereocenters. The average molecular weight is 420 g/mol. The summed E-state index contributed by atoms with van der Waals surface area (Å²) in [6, 6.07) is 3.74. The van der Waals surface area contributed by atoms with E-state index in [0.29, 0.717) is 22.8 Å². The zero-order chi connectivity index (χ0) is 20.6. The minimum atomic E-state index is -3.13. The Morgan fingerprint density at radius 2 is 2.14 bits per heavy atom. The van der Waals surface area contributed by atoms with Gasteiger partial charge in [-0.3, -0.25) is 10.1 Å². The number of hydrogen-bond acceptors (Lipinski definition) is 7. The highest BCUT2D eigenvalue weighted by Gasteiger charge is 2.31. The number of nitrogens with zero attached hydrogens (tertiary/aromatic N) is 2. The van der Waals surface area contributed by atoms with Crippen LogP contribution >= 0.6 is 0 Å². The molecule has 2 aliphatic rings. The largest absolute Gasteiger partial charge is 0.446 e. The number of hydrogen-bond donors (Lipinski definition) is 3. The molecule has 10 heteroatoms. The van der Waals surface area contributed by atoms with Crippen LogP contribution in [0.1, 0.15) is 56.0 Å². The number of H-pyrrole nitrogens is 1. The monoisotopic (exact) mass is 419 g/mol. The normalized spacial score (nSPS) is 22.4. The Morgan fingerprint density at radius 3 is 2.93 bits per heavy atom. The van der Waals surface area contributed by atoms with E-state index in [1.807, 2.05) is 19.9 Å². The quantitative estimate of drug-likeness (QED) is 0.680. The van der Waals surface area contributed by atoms with Crippen LogP contribution in [0.15, 0.2) is 18.3 Å². The van der Waals surface area contributed by atoms with Crippen molar-refractivity contribution >= 4 is 27.4 Å². The number of sulfone groups is 1. The van der Waals surface area contributed by atoms with Gasteiger partial charge in [0.15, 0.2) is 15.7 Å². The number of carbonyl (C=O) groups is 1. The summed E-state index contributed by atoms with van der Waals surface area (Å²) in [6.07, 6.45) is 3.59. The highest BCUT2D eigenvalue weighted by molar-refractivity contribution is 7.90. The van der Waals surface area contributed by atoms with Gasteiger partial charge in [-0.15, -0.1) is 0 Å². The smallest absolute Gasteiger partial charge is 0.407 e. The maximum atomic E-state index is 11.9. The maximum absolute atomic E-state index is 11.9. The van der Waals surface area contributed by atoms with Gasteiger partial charge in [-0.2, -0.15) is 5.10 Å². The molecule has 156 valence electrons. The number of amides is 1. The van der Waals surface area contributed by atoms with E-state index >= 15 is 0 Å². The van der Waals surface area contributed by atoms with Gasteiger partial charge in [0, 0.05) is 41.2 Å². The lowest BCUT2D eigenvalue weighted by molar-refractivity contribution is 0.0981. The Bertz CT molecular complexity index is 1020. The van der Waals surface area contributed by atoms with Crippen molar-refractivity contribution in [3.05, 3.63) is 35.3 Å². The molecule has 0 aromatic carbocycles. The fraction of sp³-hybridized carbons (Fsp3) is 0.526.